The molecular weight excluding hydrogens is 227 g/mol. The molecule has 0 saturated heterocycles. The van der Waals surface area contributed by atoms with Gasteiger partial charge in [0.2, 0.25) is 12.4 Å². The Morgan fingerprint density at radius 2 is 1.44 bits per heavy atom. The van der Waals surface area contributed by atoms with Gasteiger partial charge in [-0.2, -0.15) is 9.15 Å². The lowest BCUT2D eigenvalue weighted by molar-refractivity contribution is -0.733. The summed E-state index contributed by atoms with van der Waals surface area (Å²) in [5, 5.41) is 0. The highest BCUT2D eigenvalue weighted by atomic mass is 127. The zero-order valence-corrected chi connectivity index (χ0v) is 8.16. The highest BCUT2D eigenvalue weighted by molar-refractivity contribution is 6.11. The molecule has 0 atom stereocenters. The van der Waals surface area contributed by atoms with Crippen LogP contribution in [0.2, 0.25) is 0 Å². The predicted octanol–water partition coefficient (Wildman–Crippen LogP) is -3.22. The van der Waals surface area contributed by atoms with E-state index in [0.717, 1.165) is 0 Å². The molecular formula is C6H12IN2+. The Kier molecular flexibility index (Phi) is 3.32. The van der Waals surface area contributed by atoms with E-state index in [-0.39, 0.29) is 24.0 Å². The van der Waals surface area contributed by atoms with Crippen LogP contribution in [0.3, 0.4) is 0 Å². The van der Waals surface area contributed by atoms with E-state index < -0.39 is 0 Å². The Labute approximate surface area is 72.9 Å². The van der Waals surface area contributed by atoms with Gasteiger partial charge in [-0.25, -0.2) is 0 Å². The maximum Gasteiger partial charge on any atom is 0.339 e. The van der Waals surface area contributed by atoms with Crippen molar-refractivity contribution in [2.24, 2.45) is 0 Å². The summed E-state index contributed by atoms with van der Waals surface area (Å²) in [5.74, 6) is 0. The number of hydrogen-bond donors (Lipinski definition) is 0. The van der Waals surface area contributed by atoms with Gasteiger partial charge in [0, 0.05) is 0 Å². The second-order valence-electron chi connectivity index (χ2n) is 2.26. The van der Waals surface area contributed by atoms with Crippen LogP contribution in [0.25, 0.3) is 0 Å². The molecule has 52 valence electrons. The van der Waals surface area contributed by atoms with Crippen molar-refractivity contribution >= 4 is 12.4 Å². The molecule has 0 aromatic carbocycles. The zero-order valence-electron chi connectivity index (χ0n) is 6.00. The highest BCUT2D eigenvalue weighted by Gasteiger charge is 2.23. The van der Waals surface area contributed by atoms with Crippen LogP contribution in [0.1, 0.15) is 6.92 Å². The van der Waals surface area contributed by atoms with Gasteiger partial charge >= 0.3 is 6.17 Å². The Morgan fingerprint density at radius 1 is 1.11 bits per heavy atom. The molecule has 0 amide bonds. The summed E-state index contributed by atoms with van der Waals surface area (Å²) < 4.78 is 4.33. The third-order valence-electron chi connectivity index (χ3n) is 1.72. The van der Waals surface area contributed by atoms with Crippen LogP contribution in [0, 0.1) is 0 Å². The fraction of sp³-hybridized carbons (Fsp3) is 0.667. The third kappa shape index (κ3) is 1.74. The van der Waals surface area contributed by atoms with Gasteiger partial charge < -0.3 is 24.0 Å². The van der Waals surface area contributed by atoms with Crippen molar-refractivity contribution < 1.29 is 33.1 Å². The van der Waals surface area contributed by atoms with Crippen LogP contribution >= 0.6 is 0 Å². The first-order valence-corrected chi connectivity index (χ1v) is 2.84. The number of hydrogen-bond acceptors (Lipinski definition) is 0. The fourth-order valence-corrected chi connectivity index (χ4v) is 0.747. The largest absolute Gasteiger partial charge is 1.00 e. The summed E-state index contributed by atoms with van der Waals surface area (Å²) in [7, 11) is 4.15. The number of halogens is 1. The molecule has 0 bridgehead atoms. The van der Waals surface area contributed by atoms with Crippen molar-refractivity contribution in [3.63, 3.8) is 0 Å². The zero-order chi connectivity index (χ0) is 6.15. The van der Waals surface area contributed by atoms with Gasteiger partial charge in [0.1, 0.15) is 14.1 Å². The standard InChI is InChI=1S/C6H12N2.HI/c1-6-7(2)4-5-8(6)3;/h4-6H,1-3H3;1H/q+2;/p-1. The molecule has 1 rings (SSSR count). The molecule has 0 unspecified atom stereocenters. The van der Waals surface area contributed by atoms with Crippen LogP contribution in [0.15, 0.2) is 0 Å². The van der Waals surface area contributed by atoms with Crippen molar-refractivity contribution in [2.45, 2.75) is 13.1 Å². The minimum Gasteiger partial charge on any atom is -1.00 e. The summed E-state index contributed by atoms with van der Waals surface area (Å²) in [6.07, 6.45) is 4.69. The van der Waals surface area contributed by atoms with Gasteiger partial charge in [0.15, 0.2) is 0 Å². The molecule has 0 aromatic heterocycles. The Morgan fingerprint density at radius 3 is 1.56 bits per heavy atom. The normalized spacial score (nSPS) is 18.6. The summed E-state index contributed by atoms with van der Waals surface area (Å²) in [6, 6.07) is 0. The van der Waals surface area contributed by atoms with Gasteiger partial charge in [0.05, 0.1) is 6.92 Å². The first-order chi connectivity index (χ1) is 3.72. The van der Waals surface area contributed by atoms with Crippen LogP contribution in [0.5, 0.6) is 0 Å². The summed E-state index contributed by atoms with van der Waals surface area (Å²) >= 11 is 0. The fourth-order valence-electron chi connectivity index (χ4n) is 0.747. The smallest absolute Gasteiger partial charge is 0.339 e. The van der Waals surface area contributed by atoms with E-state index in [1.807, 2.05) is 0 Å². The summed E-state index contributed by atoms with van der Waals surface area (Å²) in [5.41, 5.74) is 0. The van der Waals surface area contributed by atoms with Crippen molar-refractivity contribution in [1.29, 1.82) is 0 Å². The molecule has 1 aliphatic rings. The second kappa shape index (κ2) is 3.29. The van der Waals surface area contributed by atoms with Gasteiger partial charge in [0.25, 0.3) is 0 Å². The third-order valence-corrected chi connectivity index (χ3v) is 1.72. The van der Waals surface area contributed by atoms with E-state index in [1.54, 1.807) is 0 Å². The average Bonchev–Trinajstić information content (AvgIpc) is 1.98. The van der Waals surface area contributed by atoms with Gasteiger partial charge in [-0.1, -0.05) is 0 Å². The van der Waals surface area contributed by atoms with Crippen LogP contribution in [-0.2, 0) is 0 Å². The highest BCUT2D eigenvalue weighted by Crippen LogP contribution is 1.89. The lowest BCUT2D eigenvalue weighted by Gasteiger charge is -1.94. The van der Waals surface area contributed by atoms with Crippen LogP contribution in [0.4, 0.5) is 0 Å². The topological polar surface area (TPSA) is 6.02 Å². The molecule has 2 nitrogen and oxygen atoms in total. The minimum absolute atomic E-state index is 0. The molecule has 0 radical (unpaired) electrons. The first-order valence-electron chi connectivity index (χ1n) is 2.84. The number of nitrogens with zero attached hydrogens (tertiary/aromatic N) is 2. The molecule has 0 saturated carbocycles. The molecule has 0 N–H and O–H groups in total. The minimum atomic E-state index is 0. The Hall–Kier alpha value is 0.0700. The van der Waals surface area contributed by atoms with E-state index >= 15 is 0 Å². The molecule has 0 fully saturated rings. The van der Waals surface area contributed by atoms with Crippen molar-refractivity contribution in [2.75, 3.05) is 14.1 Å². The van der Waals surface area contributed by atoms with Crippen molar-refractivity contribution in [3.8, 4) is 0 Å². The quantitative estimate of drug-likeness (QED) is 0.310. The van der Waals surface area contributed by atoms with Gasteiger partial charge in [-0.15, -0.1) is 0 Å². The molecule has 3 heteroatoms. The van der Waals surface area contributed by atoms with Crippen molar-refractivity contribution in [3.05, 3.63) is 0 Å². The van der Waals surface area contributed by atoms with Gasteiger partial charge in [-0.05, 0) is 0 Å². The monoisotopic (exact) mass is 239 g/mol. The first kappa shape index (κ1) is 9.07. The predicted molar refractivity (Wildman–Crippen MR) is 34.0 cm³/mol. The summed E-state index contributed by atoms with van der Waals surface area (Å²) in [6.45, 7) is 2.17. The Balaban J connectivity index is 0.000000640. The molecule has 0 aromatic rings. The molecule has 1 heterocycles. The van der Waals surface area contributed by atoms with Gasteiger partial charge in [-0.3, -0.25) is 0 Å². The average molecular weight is 239 g/mol. The lowest BCUT2D eigenvalue weighted by Crippen LogP contribution is -3.00. The maximum absolute atomic E-state index is 2.17. The number of rotatable bonds is 0. The SMILES string of the molecule is CC1[N+](C)=CC=[N+]1C.[I-]. The lowest BCUT2D eigenvalue weighted by atomic mass is 10.5. The van der Waals surface area contributed by atoms with Crippen LogP contribution in [-0.4, -0.2) is 41.8 Å². The Bertz CT molecular complexity index is 142. The summed E-state index contributed by atoms with van der Waals surface area (Å²) in [4.78, 5) is 0. The van der Waals surface area contributed by atoms with Crippen molar-refractivity contribution in [1.82, 2.24) is 0 Å². The molecule has 0 aliphatic carbocycles. The van der Waals surface area contributed by atoms with E-state index in [0.29, 0.717) is 6.17 Å². The van der Waals surface area contributed by atoms with Crippen LogP contribution < -0.4 is 24.0 Å². The molecule has 0 spiro atoms. The van der Waals surface area contributed by atoms with E-state index in [9.17, 15) is 0 Å². The van der Waals surface area contributed by atoms with E-state index in [2.05, 4.69) is 42.6 Å². The molecule has 1 aliphatic heterocycles. The maximum atomic E-state index is 2.17. The van der Waals surface area contributed by atoms with E-state index in [4.69, 9.17) is 0 Å². The molecule has 9 heavy (non-hydrogen) atoms. The van der Waals surface area contributed by atoms with E-state index in [1.165, 1.54) is 0 Å². The second-order valence-corrected chi connectivity index (χ2v) is 2.26.